The van der Waals surface area contributed by atoms with Crippen LogP contribution in [0.4, 0.5) is 5.69 Å². The molecule has 0 aliphatic carbocycles. The number of nitrogens with zero attached hydrogens (tertiary/aromatic N) is 2. The highest BCUT2D eigenvalue weighted by Gasteiger charge is 2.11. The first-order chi connectivity index (χ1) is 10.8. The van der Waals surface area contributed by atoms with Crippen molar-refractivity contribution >= 4 is 33.5 Å². The minimum Gasteiger partial charge on any atom is -0.378 e. The van der Waals surface area contributed by atoms with Gasteiger partial charge in [0.25, 0.3) is 10.0 Å². The first-order valence-electron chi connectivity index (χ1n) is 6.88. The number of nitrogens with one attached hydrogen (secondary N) is 1. The molecule has 0 saturated carbocycles. The monoisotopic (exact) mass is 351 g/mol. The van der Waals surface area contributed by atoms with Gasteiger partial charge in [-0.3, -0.25) is 0 Å². The largest absolute Gasteiger partial charge is 0.378 e. The maximum Gasteiger partial charge on any atom is 0.276 e. The normalized spacial score (nSPS) is 11.7. The molecule has 2 aromatic rings. The van der Waals surface area contributed by atoms with Crippen LogP contribution in [0.2, 0.25) is 5.02 Å². The molecule has 0 heterocycles. The van der Waals surface area contributed by atoms with E-state index in [1.807, 2.05) is 32.0 Å². The molecule has 5 nitrogen and oxygen atoms in total. The lowest BCUT2D eigenvalue weighted by Crippen LogP contribution is -2.18. The van der Waals surface area contributed by atoms with Gasteiger partial charge in [-0.05, 0) is 37.3 Å². The van der Waals surface area contributed by atoms with Gasteiger partial charge >= 0.3 is 0 Å². The highest BCUT2D eigenvalue weighted by atomic mass is 35.5. The fourth-order valence-electron chi connectivity index (χ4n) is 1.83. The third-order valence-corrected chi connectivity index (χ3v) is 4.77. The Morgan fingerprint density at radius 2 is 1.78 bits per heavy atom. The lowest BCUT2D eigenvalue weighted by molar-refractivity contribution is 0.584. The zero-order valence-corrected chi connectivity index (χ0v) is 14.7. The number of hydrazone groups is 1. The molecule has 0 atom stereocenters. The summed E-state index contributed by atoms with van der Waals surface area (Å²) in [6.45, 7) is 1.89. The lowest BCUT2D eigenvalue weighted by atomic mass is 10.2. The van der Waals surface area contributed by atoms with Gasteiger partial charge in [0.1, 0.15) is 0 Å². The number of benzene rings is 2. The van der Waals surface area contributed by atoms with E-state index in [4.69, 9.17) is 11.6 Å². The van der Waals surface area contributed by atoms with Gasteiger partial charge in [-0.1, -0.05) is 29.3 Å². The van der Waals surface area contributed by atoms with Crippen LogP contribution in [-0.4, -0.2) is 28.7 Å². The standard InChI is InChI=1S/C16H18ClN3O2S/c1-12-4-8-15(9-5-12)23(21,22)19-18-11-13-6-7-14(20(2)3)10-16(13)17/h4-11,19H,1-3H3. The molecule has 0 fully saturated rings. The van der Waals surface area contributed by atoms with E-state index >= 15 is 0 Å². The summed E-state index contributed by atoms with van der Waals surface area (Å²) < 4.78 is 24.2. The van der Waals surface area contributed by atoms with Gasteiger partial charge in [-0.25, -0.2) is 4.83 Å². The van der Waals surface area contributed by atoms with Gasteiger partial charge in [0.05, 0.1) is 16.1 Å². The van der Waals surface area contributed by atoms with Gasteiger partial charge in [0.15, 0.2) is 0 Å². The van der Waals surface area contributed by atoms with Crippen molar-refractivity contribution in [1.29, 1.82) is 0 Å². The van der Waals surface area contributed by atoms with E-state index in [9.17, 15) is 8.42 Å². The van der Waals surface area contributed by atoms with Crippen molar-refractivity contribution in [3.05, 3.63) is 58.6 Å². The van der Waals surface area contributed by atoms with Crippen LogP contribution in [0.25, 0.3) is 0 Å². The molecule has 0 radical (unpaired) electrons. The molecule has 0 aromatic heterocycles. The summed E-state index contributed by atoms with van der Waals surface area (Å²) >= 11 is 6.16. The van der Waals surface area contributed by atoms with Gasteiger partial charge < -0.3 is 4.90 Å². The number of aryl methyl sites for hydroxylation is 1. The molecule has 122 valence electrons. The third-order valence-electron chi connectivity index (χ3n) is 3.21. The van der Waals surface area contributed by atoms with E-state index in [0.29, 0.717) is 10.6 Å². The summed E-state index contributed by atoms with van der Waals surface area (Å²) in [6.07, 6.45) is 1.38. The Morgan fingerprint density at radius 1 is 1.13 bits per heavy atom. The van der Waals surface area contributed by atoms with Crippen molar-refractivity contribution < 1.29 is 8.42 Å². The smallest absolute Gasteiger partial charge is 0.276 e. The molecule has 0 bridgehead atoms. The second kappa shape index (κ2) is 7.02. The topological polar surface area (TPSA) is 61.8 Å². The summed E-state index contributed by atoms with van der Waals surface area (Å²) in [4.78, 5) is 4.27. The van der Waals surface area contributed by atoms with Crippen LogP contribution in [0.5, 0.6) is 0 Å². The molecule has 0 aliphatic heterocycles. The Kier molecular flexibility index (Phi) is 5.28. The van der Waals surface area contributed by atoms with Crippen molar-refractivity contribution in [2.75, 3.05) is 19.0 Å². The number of hydrogen-bond acceptors (Lipinski definition) is 4. The Labute approximate surface area is 141 Å². The number of hydrogen-bond donors (Lipinski definition) is 1. The molecule has 2 rings (SSSR count). The first kappa shape index (κ1) is 17.3. The highest BCUT2D eigenvalue weighted by molar-refractivity contribution is 7.89. The van der Waals surface area contributed by atoms with Crippen LogP contribution in [0, 0.1) is 6.92 Å². The van der Waals surface area contributed by atoms with Crippen molar-refractivity contribution in [3.63, 3.8) is 0 Å². The van der Waals surface area contributed by atoms with Gasteiger partial charge in [-0.15, -0.1) is 0 Å². The fraction of sp³-hybridized carbons (Fsp3) is 0.188. The summed E-state index contributed by atoms with van der Waals surface area (Å²) in [5, 5.41) is 4.28. The number of rotatable bonds is 5. The third kappa shape index (κ3) is 4.46. The van der Waals surface area contributed by atoms with Crippen LogP contribution in [-0.2, 0) is 10.0 Å². The predicted octanol–water partition coefficient (Wildman–Crippen LogP) is 3.03. The minimum absolute atomic E-state index is 0.161. The second-order valence-corrected chi connectivity index (χ2v) is 7.33. The molecule has 2 aromatic carbocycles. The van der Waals surface area contributed by atoms with Gasteiger partial charge in [0, 0.05) is 25.3 Å². The van der Waals surface area contributed by atoms with Crippen LogP contribution in [0.1, 0.15) is 11.1 Å². The molecule has 7 heteroatoms. The SMILES string of the molecule is Cc1ccc(S(=O)(=O)NN=Cc2ccc(N(C)C)cc2Cl)cc1. The summed E-state index contributed by atoms with van der Waals surface area (Å²) in [6, 6.07) is 12.0. The Bertz CT molecular complexity index is 816. The van der Waals surface area contributed by atoms with Crippen molar-refractivity contribution in [2.45, 2.75) is 11.8 Å². The molecule has 0 saturated heterocycles. The van der Waals surface area contributed by atoms with Crippen molar-refractivity contribution in [2.24, 2.45) is 5.10 Å². The maximum absolute atomic E-state index is 12.1. The molecule has 0 amide bonds. The van der Waals surface area contributed by atoms with E-state index in [2.05, 4.69) is 9.93 Å². The van der Waals surface area contributed by atoms with Crippen LogP contribution >= 0.6 is 11.6 Å². The van der Waals surface area contributed by atoms with Crippen molar-refractivity contribution in [3.8, 4) is 0 Å². The fourth-order valence-corrected chi connectivity index (χ4v) is 2.85. The average molecular weight is 352 g/mol. The van der Waals surface area contributed by atoms with Crippen LogP contribution in [0.15, 0.2) is 52.5 Å². The maximum atomic E-state index is 12.1. The Hall–Kier alpha value is -2.05. The molecule has 0 aliphatic rings. The minimum atomic E-state index is -3.68. The highest BCUT2D eigenvalue weighted by Crippen LogP contribution is 2.21. The van der Waals surface area contributed by atoms with Gasteiger partial charge in [0.2, 0.25) is 0 Å². The Morgan fingerprint density at radius 3 is 2.35 bits per heavy atom. The molecule has 0 unspecified atom stereocenters. The van der Waals surface area contributed by atoms with E-state index < -0.39 is 10.0 Å². The first-order valence-corrected chi connectivity index (χ1v) is 8.74. The number of halogens is 1. The average Bonchev–Trinajstić information content (AvgIpc) is 2.49. The van der Waals surface area contributed by atoms with Crippen LogP contribution < -0.4 is 9.73 Å². The molecule has 23 heavy (non-hydrogen) atoms. The molecule has 0 spiro atoms. The summed E-state index contributed by atoms with van der Waals surface area (Å²) in [7, 11) is 0.143. The zero-order chi connectivity index (χ0) is 17.0. The molecular formula is C16H18ClN3O2S. The van der Waals surface area contributed by atoms with E-state index in [1.165, 1.54) is 18.3 Å². The molecule has 1 N–H and O–H groups in total. The molecular weight excluding hydrogens is 334 g/mol. The number of anilines is 1. The summed E-state index contributed by atoms with van der Waals surface area (Å²) in [5.74, 6) is 0. The summed E-state index contributed by atoms with van der Waals surface area (Å²) in [5.41, 5.74) is 2.57. The quantitative estimate of drug-likeness (QED) is 0.665. The van der Waals surface area contributed by atoms with E-state index in [0.717, 1.165) is 11.3 Å². The second-order valence-electron chi connectivity index (χ2n) is 5.27. The van der Waals surface area contributed by atoms with Crippen molar-refractivity contribution in [1.82, 2.24) is 4.83 Å². The van der Waals surface area contributed by atoms with Crippen LogP contribution in [0.3, 0.4) is 0 Å². The predicted molar refractivity (Wildman–Crippen MR) is 94.9 cm³/mol. The Balaban J connectivity index is 2.13. The lowest BCUT2D eigenvalue weighted by Gasteiger charge is -2.13. The van der Waals surface area contributed by atoms with E-state index in [1.54, 1.807) is 24.3 Å². The number of sulfonamides is 1. The van der Waals surface area contributed by atoms with Gasteiger partial charge in [-0.2, -0.15) is 13.5 Å². The van der Waals surface area contributed by atoms with E-state index in [-0.39, 0.29) is 4.90 Å². The zero-order valence-electron chi connectivity index (χ0n) is 13.1.